The average Bonchev–Trinajstić information content (AvgIpc) is 2.45. The average molecular weight is 276 g/mol. The predicted molar refractivity (Wildman–Crippen MR) is 76.6 cm³/mol. The van der Waals surface area contributed by atoms with Crippen molar-refractivity contribution >= 4 is 5.97 Å². The molecule has 20 heavy (non-hydrogen) atoms. The molecule has 0 amide bonds. The van der Waals surface area contributed by atoms with E-state index in [1.165, 1.54) is 5.56 Å². The standard InChI is InChI=1S/C16H20O4/c1-5-13-7-11(3)12(4)15(8-13)19-9-14(17)10-20-16(18)6-2/h2,7-8,14,17H,5,9-10H2,1,3-4H3. The molecule has 4 heteroatoms. The summed E-state index contributed by atoms with van der Waals surface area (Å²) in [6.45, 7) is 5.93. The Morgan fingerprint density at radius 1 is 1.40 bits per heavy atom. The molecule has 4 nitrogen and oxygen atoms in total. The van der Waals surface area contributed by atoms with Crippen molar-refractivity contribution in [3.05, 3.63) is 28.8 Å². The number of carbonyl (C=O) groups is 1. The van der Waals surface area contributed by atoms with E-state index in [1.54, 1.807) is 0 Å². The summed E-state index contributed by atoms with van der Waals surface area (Å²) in [5.41, 5.74) is 3.36. The first-order valence-corrected chi connectivity index (χ1v) is 6.52. The molecular weight excluding hydrogens is 256 g/mol. The maximum atomic E-state index is 10.8. The highest BCUT2D eigenvalue weighted by Crippen LogP contribution is 2.24. The topological polar surface area (TPSA) is 55.8 Å². The fourth-order valence-electron chi connectivity index (χ4n) is 1.70. The molecule has 0 spiro atoms. The second kappa shape index (κ2) is 7.56. The summed E-state index contributed by atoms with van der Waals surface area (Å²) in [7, 11) is 0. The van der Waals surface area contributed by atoms with Crippen molar-refractivity contribution in [2.75, 3.05) is 13.2 Å². The second-order valence-corrected chi connectivity index (χ2v) is 4.60. The van der Waals surface area contributed by atoms with Gasteiger partial charge < -0.3 is 14.6 Å². The molecule has 0 radical (unpaired) electrons. The van der Waals surface area contributed by atoms with Gasteiger partial charge >= 0.3 is 5.97 Å². The van der Waals surface area contributed by atoms with Crippen molar-refractivity contribution in [2.24, 2.45) is 0 Å². The summed E-state index contributed by atoms with van der Waals surface area (Å²) in [5, 5.41) is 9.67. The lowest BCUT2D eigenvalue weighted by molar-refractivity contribution is -0.140. The molecule has 0 heterocycles. The highest BCUT2D eigenvalue weighted by Gasteiger charge is 2.11. The number of aliphatic hydroxyl groups excluding tert-OH is 1. The normalized spacial score (nSPS) is 11.6. The van der Waals surface area contributed by atoms with Crippen LogP contribution in [0.2, 0.25) is 0 Å². The van der Waals surface area contributed by atoms with E-state index in [1.807, 2.05) is 25.8 Å². The molecule has 0 aliphatic rings. The summed E-state index contributed by atoms with van der Waals surface area (Å²) < 4.78 is 10.2. The summed E-state index contributed by atoms with van der Waals surface area (Å²) in [6, 6.07) is 4.08. The lowest BCUT2D eigenvalue weighted by Crippen LogP contribution is -2.25. The maximum absolute atomic E-state index is 10.8. The third kappa shape index (κ3) is 4.60. The molecule has 0 aliphatic carbocycles. The van der Waals surface area contributed by atoms with Gasteiger partial charge in [-0.05, 0) is 43.0 Å². The van der Waals surface area contributed by atoms with E-state index in [0.717, 1.165) is 23.3 Å². The molecule has 1 unspecified atom stereocenters. The minimum atomic E-state index is -0.905. The van der Waals surface area contributed by atoms with Crippen LogP contribution in [0.3, 0.4) is 0 Å². The number of carbonyl (C=O) groups excluding carboxylic acids is 1. The van der Waals surface area contributed by atoms with Gasteiger partial charge in [-0.1, -0.05) is 13.0 Å². The van der Waals surface area contributed by atoms with Crippen molar-refractivity contribution in [1.82, 2.24) is 0 Å². The molecule has 1 aromatic rings. The Hall–Kier alpha value is -1.99. The van der Waals surface area contributed by atoms with Crippen molar-refractivity contribution in [3.63, 3.8) is 0 Å². The number of aliphatic hydroxyl groups is 1. The van der Waals surface area contributed by atoms with E-state index in [4.69, 9.17) is 11.2 Å². The number of hydrogen-bond donors (Lipinski definition) is 1. The van der Waals surface area contributed by atoms with E-state index < -0.39 is 12.1 Å². The van der Waals surface area contributed by atoms with Gasteiger partial charge in [-0.15, -0.1) is 6.42 Å². The second-order valence-electron chi connectivity index (χ2n) is 4.60. The van der Waals surface area contributed by atoms with Gasteiger partial charge in [0.15, 0.2) is 0 Å². The number of benzene rings is 1. The van der Waals surface area contributed by atoms with Crippen LogP contribution in [0.4, 0.5) is 0 Å². The van der Waals surface area contributed by atoms with Crippen molar-refractivity contribution in [2.45, 2.75) is 33.3 Å². The van der Waals surface area contributed by atoms with Crippen LogP contribution in [-0.4, -0.2) is 30.4 Å². The lowest BCUT2D eigenvalue weighted by atomic mass is 10.0. The Labute approximate surface area is 119 Å². The first-order valence-electron chi connectivity index (χ1n) is 6.52. The van der Waals surface area contributed by atoms with Crippen LogP contribution in [-0.2, 0) is 16.0 Å². The Morgan fingerprint density at radius 3 is 2.70 bits per heavy atom. The van der Waals surface area contributed by atoms with Gasteiger partial charge in [0.2, 0.25) is 0 Å². The first-order chi connectivity index (χ1) is 9.47. The molecule has 108 valence electrons. The van der Waals surface area contributed by atoms with Crippen molar-refractivity contribution < 1.29 is 19.4 Å². The molecule has 1 atom stereocenters. The number of rotatable bonds is 6. The summed E-state index contributed by atoms with van der Waals surface area (Å²) in [6.07, 6.45) is 4.87. The van der Waals surface area contributed by atoms with Crippen LogP contribution in [0.25, 0.3) is 0 Å². The highest BCUT2D eigenvalue weighted by molar-refractivity contribution is 5.87. The Bertz CT molecular complexity index is 514. The highest BCUT2D eigenvalue weighted by atomic mass is 16.5. The SMILES string of the molecule is C#CC(=O)OCC(O)COc1cc(CC)cc(C)c1C. The van der Waals surface area contributed by atoms with Crippen LogP contribution in [0.1, 0.15) is 23.6 Å². The van der Waals surface area contributed by atoms with Crippen molar-refractivity contribution in [3.8, 4) is 18.1 Å². The van der Waals surface area contributed by atoms with Crippen LogP contribution < -0.4 is 4.74 Å². The summed E-state index contributed by atoms with van der Waals surface area (Å²) in [5.74, 6) is 1.76. The summed E-state index contributed by atoms with van der Waals surface area (Å²) >= 11 is 0. The number of terminal acetylenes is 1. The van der Waals surface area contributed by atoms with E-state index in [0.29, 0.717) is 0 Å². The van der Waals surface area contributed by atoms with E-state index in [2.05, 4.69) is 17.7 Å². The van der Waals surface area contributed by atoms with Crippen LogP contribution in [0, 0.1) is 26.2 Å². The van der Waals surface area contributed by atoms with Gasteiger partial charge in [-0.25, -0.2) is 4.79 Å². The molecule has 0 saturated carbocycles. The smallest absolute Gasteiger partial charge is 0.384 e. The first kappa shape index (κ1) is 16.1. The molecular formula is C16H20O4. The molecule has 1 rings (SSSR count). The van der Waals surface area contributed by atoms with Crippen molar-refractivity contribution in [1.29, 1.82) is 0 Å². The third-order valence-electron chi connectivity index (χ3n) is 3.04. The molecule has 0 saturated heterocycles. The van der Waals surface area contributed by atoms with Crippen LogP contribution in [0.5, 0.6) is 5.75 Å². The summed E-state index contributed by atoms with van der Waals surface area (Å²) in [4.78, 5) is 10.8. The quantitative estimate of drug-likeness (QED) is 0.489. The number of esters is 1. The van der Waals surface area contributed by atoms with Gasteiger partial charge in [0.25, 0.3) is 0 Å². The molecule has 0 aromatic heterocycles. The minimum absolute atomic E-state index is 0.0469. The maximum Gasteiger partial charge on any atom is 0.384 e. The molecule has 0 fully saturated rings. The monoisotopic (exact) mass is 276 g/mol. The lowest BCUT2D eigenvalue weighted by Gasteiger charge is -2.15. The zero-order valence-corrected chi connectivity index (χ0v) is 12.1. The zero-order valence-electron chi connectivity index (χ0n) is 12.1. The minimum Gasteiger partial charge on any atom is -0.490 e. The van der Waals surface area contributed by atoms with Gasteiger partial charge in [0, 0.05) is 5.92 Å². The Balaban J connectivity index is 2.59. The molecule has 1 N–H and O–H groups in total. The molecule has 1 aromatic carbocycles. The third-order valence-corrected chi connectivity index (χ3v) is 3.04. The largest absolute Gasteiger partial charge is 0.490 e. The molecule has 0 bridgehead atoms. The van der Waals surface area contributed by atoms with Crippen LogP contribution in [0.15, 0.2) is 12.1 Å². The number of aryl methyl sites for hydroxylation is 2. The van der Waals surface area contributed by atoms with E-state index in [9.17, 15) is 9.90 Å². The number of hydrogen-bond acceptors (Lipinski definition) is 4. The van der Waals surface area contributed by atoms with E-state index in [-0.39, 0.29) is 13.2 Å². The number of ether oxygens (including phenoxy) is 2. The van der Waals surface area contributed by atoms with Gasteiger partial charge in [0.1, 0.15) is 25.1 Å². The molecule has 0 aliphatic heterocycles. The zero-order chi connectivity index (χ0) is 15.1. The van der Waals surface area contributed by atoms with Gasteiger partial charge in [0.05, 0.1) is 0 Å². The Kier molecular flexibility index (Phi) is 6.08. The van der Waals surface area contributed by atoms with Crippen LogP contribution >= 0.6 is 0 Å². The van der Waals surface area contributed by atoms with Gasteiger partial charge in [-0.2, -0.15) is 0 Å². The van der Waals surface area contributed by atoms with E-state index >= 15 is 0 Å². The Morgan fingerprint density at radius 2 is 2.10 bits per heavy atom. The predicted octanol–water partition coefficient (Wildman–Crippen LogP) is 1.78. The fraction of sp³-hybridized carbons (Fsp3) is 0.438. The van der Waals surface area contributed by atoms with Gasteiger partial charge in [-0.3, -0.25) is 0 Å². The fourth-order valence-corrected chi connectivity index (χ4v) is 1.70.